The molecule has 1 aromatic rings. The summed E-state index contributed by atoms with van der Waals surface area (Å²) in [6.45, 7) is 6.42. The van der Waals surface area contributed by atoms with Gasteiger partial charge in [0.1, 0.15) is 0 Å². The van der Waals surface area contributed by atoms with E-state index in [1.807, 2.05) is 0 Å². The van der Waals surface area contributed by atoms with Crippen LogP contribution in [0.25, 0.3) is 0 Å². The van der Waals surface area contributed by atoms with Gasteiger partial charge in [0.2, 0.25) is 5.91 Å². The molecule has 0 aliphatic carbocycles. The molecule has 1 amide bonds. The van der Waals surface area contributed by atoms with E-state index in [0.29, 0.717) is 17.8 Å². The fraction of sp³-hybridized carbons (Fsp3) is 0.562. The number of carbonyl (C=O) groups excluding carboxylic acids is 1. The lowest BCUT2D eigenvalue weighted by atomic mass is 9.98. The molecule has 1 aliphatic rings. The van der Waals surface area contributed by atoms with Crippen LogP contribution in [0.3, 0.4) is 0 Å². The molecule has 0 spiro atoms. The zero-order chi connectivity index (χ0) is 13.8. The molecule has 0 N–H and O–H groups in total. The predicted molar refractivity (Wildman–Crippen MR) is 81.5 cm³/mol. The average Bonchev–Trinajstić information content (AvgIpc) is 2.38. The normalized spacial score (nSPS) is 23.4. The molecule has 0 saturated carbocycles. The Hall–Kier alpha value is -0.960. The van der Waals surface area contributed by atoms with E-state index in [1.54, 1.807) is 11.8 Å². The first kappa shape index (κ1) is 14.4. The molecule has 104 valence electrons. The first-order valence-corrected chi connectivity index (χ1v) is 8.07. The van der Waals surface area contributed by atoms with E-state index < -0.39 is 0 Å². The van der Waals surface area contributed by atoms with Crippen LogP contribution in [0.4, 0.5) is 0 Å². The molecule has 2 atom stereocenters. The molecular weight excluding hydrogens is 254 g/mol. The van der Waals surface area contributed by atoms with E-state index in [2.05, 4.69) is 49.9 Å². The van der Waals surface area contributed by atoms with Crippen LogP contribution < -0.4 is 0 Å². The summed E-state index contributed by atoms with van der Waals surface area (Å²) in [7, 11) is 0. The van der Waals surface area contributed by atoms with Crippen molar-refractivity contribution in [1.29, 1.82) is 0 Å². The minimum Gasteiger partial charge on any atom is -0.337 e. The maximum atomic E-state index is 12.4. The molecule has 1 aliphatic heterocycles. The Bertz CT molecular complexity index is 419. The van der Waals surface area contributed by atoms with Crippen molar-refractivity contribution in [3.8, 4) is 0 Å². The highest BCUT2D eigenvalue weighted by molar-refractivity contribution is 8.00. The highest BCUT2D eigenvalue weighted by Crippen LogP contribution is 2.25. The Labute approximate surface area is 120 Å². The number of benzene rings is 1. The van der Waals surface area contributed by atoms with E-state index in [9.17, 15) is 4.79 Å². The first-order chi connectivity index (χ1) is 9.08. The van der Waals surface area contributed by atoms with Gasteiger partial charge in [-0.25, -0.2) is 0 Å². The maximum Gasteiger partial charge on any atom is 0.233 e. The third-order valence-electron chi connectivity index (χ3n) is 3.86. The Morgan fingerprint density at radius 3 is 2.37 bits per heavy atom. The number of amides is 1. The lowest BCUT2D eigenvalue weighted by Crippen LogP contribution is -2.48. The fourth-order valence-corrected chi connectivity index (χ4v) is 3.53. The second kappa shape index (κ2) is 6.47. The van der Waals surface area contributed by atoms with E-state index in [0.717, 1.165) is 12.8 Å². The zero-order valence-electron chi connectivity index (χ0n) is 12.1. The molecule has 0 bridgehead atoms. The zero-order valence-corrected chi connectivity index (χ0v) is 12.9. The van der Waals surface area contributed by atoms with Gasteiger partial charge in [-0.3, -0.25) is 4.79 Å². The quantitative estimate of drug-likeness (QED) is 0.782. The number of carbonyl (C=O) groups is 1. The number of thioether (sulfide) groups is 1. The summed E-state index contributed by atoms with van der Waals surface area (Å²) in [5.41, 5.74) is 1.26. The van der Waals surface area contributed by atoms with Crippen molar-refractivity contribution in [2.75, 3.05) is 5.75 Å². The van der Waals surface area contributed by atoms with Crippen molar-refractivity contribution in [1.82, 2.24) is 4.90 Å². The van der Waals surface area contributed by atoms with Crippen molar-refractivity contribution in [3.63, 3.8) is 0 Å². The highest BCUT2D eigenvalue weighted by atomic mass is 32.2. The lowest BCUT2D eigenvalue weighted by molar-refractivity contribution is -0.134. The number of hydrogen-bond acceptors (Lipinski definition) is 2. The molecule has 0 unspecified atom stereocenters. The van der Waals surface area contributed by atoms with Crippen molar-refractivity contribution in [2.45, 2.75) is 57.0 Å². The van der Waals surface area contributed by atoms with E-state index in [1.165, 1.54) is 16.9 Å². The van der Waals surface area contributed by atoms with Gasteiger partial charge in [-0.05, 0) is 52.2 Å². The van der Waals surface area contributed by atoms with Gasteiger partial charge in [-0.15, -0.1) is 11.8 Å². The van der Waals surface area contributed by atoms with Crippen LogP contribution in [0.2, 0.25) is 0 Å². The van der Waals surface area contributed by atoms with Crippen LogP contribution in [-0.2, 0) is 4.79 Å². The van der Waals surface area contributed by atoms with Gasteiger partial charge < -0.3 is 4.90 Å². The SMILES string of the molecule is Cc1ccc(SCC(=O)N2[C@H](C)CCC[C@H]2C)cc1. The molecule has 19 heavy (non-hydrogen) atoms. The molecule has 1 saturated heterocycles. The Morgan fingerprint density at radius 2 is 1.79 bits per heavy atom. The molecule has 1 fully saturated rings. The molecular formula is C16H23NOS. The van der Waals surface area contributed by atoms with Gasteiger partial charge in [-0.2, -0.15) is 0 Å². The molecule has 0 radical (unpaired) electrons. The van der Waals surface area contributed by atoms with Crippen LogP contribution in [0.1, 0.15) is 38.7 Å². The molecule has 1 aromatic carbocycles. The highest BCUT2D eigenvalue weighted by Gasteiger charge is 2.28. The van der Waals surface area contributed by atoms with E-state index in [4.69, 9.17) is 0 Å². The topological polar surface area (TPSA) is 20.3 Å². The number of rotatable bonds is 3. The van der Waals surface area contributed by atoms with Gasteiger partial charge in [0, 0.05) is 17.0 Å². The summed E-state index contributed by atoms with van der Waals surface area (Å²) in [5.74, 6) is 0.836. The summed E-state index contributed by atoms with van der Waals surface area (Å²) in [4.78, 5) is 15.6. The van der Waals surface area contributed by atoms with Crippen molar-refractivity contribution >= 4 is 17.7 Å². The van der Waals surface area contributed by atoms with Crippen LogP contribution in [-0.4, -0.2) is 28.6 Å². The van der Waals surface area contributed by atoms with Crippen LogP contribution in [0.5, 0.6) is 0 Å². The second-order valence-electron chi connectivity index (χ2n) is 5.53. The number of hydrogen-bond donors (Lipinski definition) is 0. The number of likely N-dealkylation sites (tertiary alicyclic amines) is 1. The van der Waals surface area contributed by atoms with Crippen LogP contribution in [0.15, 0.2) is 29.2 Å². The third kappa shape index (κ3) is 3.75. The second-order valence-corrected chi connectivity index (χ2v) is 6.58. The van der Waals surface area contributed by atoms with E-state index in [-0.39, 0.29) is 5.91 Å². The maximum absolute atomic E-state index is 12.4. The molecule has 2 nitrogen and oxygen atoms in total. The first-order valence-electron chi connectivity index (χ1n) is 7.08. The minimum absolute atomic E-state index is 0.283. The summed E-state index contributed by atoms with van der Waals surface area (Å²) >= 11 is 1.64. The van der Waals surface area contributed by atoms with Gasteiger partial charge in [0.25, 0.3) is 0 Å². The molecule has 3 heteroatoms. The van der Waals surface area contributed by atoms with Gasteiger partial charge in [0.15, 0.2) is 0 Å². The molecule has 2 rings (SSSR count). The summed E-state index contributed by atoms with van der Waals surface area (Å²) in [6.07, 6.45) is 3.54. The standard InChI is InChI=1S/C16H23NOS/c1-12-7-9-15(10-8-12)19-11-16(18)17-13(2)5-4-6-14(17)3/h7-10,13-14H,4-6,11H2,1-3H3/t13-,14-/m1/s1. The fourth-order valence-electron chi connectivity index (χ4n) is 2.77. The summed E-state index contributed by atoms with van der Waals surface area (Å²) in [5, 5.41) is 0. The number of nitrogens with zero attached hydrogens (tertiary/aromatic N) is 1. The third-order valence-corrected chi connectivity index (χ3v) is 4.86. The van der Waals surface area contributed by atoms with Crippen LogP contribution in [0, 0.1) is 6.92 Å². The summed E-state index contributed by atoms with van der Waals surface area (Å²) in [6, 6.07) is 9.18. The largest absolute Gasteiger partial charge is 0.337 e. The molecule has 0 aromatic heterocycles. The van der Waals surface area contributed by atoms with Gasteiger partial charge in [0.05, 0.1) is 5.75 Å². The monoisotopic (exact) mass is 277 g/mol. The Kier molecular flexibility index (Phi) is 4.92. The van der Waals surface area contributed by atoms with Crippen molar-refractivity contribution < 1.29 is 4.79 Å². The smallest absolute Gasteiger partial charge is 0.233 e. The Morgan fingerprint density at radius 1 is 1.21 bits per heavy atom. The lowest BCUT2D eigenvalue weighted by Gasteiger charge is -2.39. The number of aryl methyl sites for hydroxylation is 1. The van der Waals surface area contributed by atoms with Gasteiger partial charge >= 0.3 is 0 Å². The summed E-state index contributed by atoms with van der Waals surface area (Å²) < 4.78 is 0. The number of piperidine rings is 1. The van der Waals surface area contributed by atoms with Crippen molar-refractivity contribution in [2.24, 2.45) is 0 Å². The predicted octanol–water partition coefficient (Wildman–Crippen LogP) is 3.88. The van der Waals surface area contributed by atoms with Crippen LogP contribution >= 0.6 is 11.8 Å². The van der Waals surface area contributed by atoms with Crippen molar-refractivity contribution in [3.05, 3.63) is 29.8 Å². The minimum atomic E-state index is 0.283. The average molecular weight is 277 g/mol. The van der Waals surface area contributed by atoms with E-state index >= 15 is 0 Å². The Balaban J connectivity index is 1.91. The molecule has 1 heterocycles. The van der Waals surface area contributed by atoms with Gasteiger partial charge in [-0.1, -0.05) is 17.7 Å².